The number of halogens is 3. The molecule has 0 aromatic carbocycles. The van der Waals surface area contributed by atoms with E-state index in [0.717, 1.165) is 0 Å². The molecule has 11 heteroatoms. The maximum atomic E-state index is 12.6. The van der Waals surface area contributed by atoms with E-state index in [9.17, 15) is 26.4 Å². The maximum Gasteiger partial charge on any atom is 0.511 e. The normalized spacial score (nSPS) is 18.3. The molecule has 7 nitrogen and oxygen atoms in total. The van der Waals surface area contributed by atoms with Gasteiger partial charge in [0.2, 0.25) is 0 Å². The van der Waals surface area contributed by atoms with Crippen LogP contribution in [0.1, 0.15) is 12.8 Å². The zero-order chi connectivity index (χ0) is 18.7. The number of piperidine rings is 1. The molecule has 0 radical (unpaired) electrons. The zero-order valence-electron chi connectivity index (χ0n) is 13.5. The van der Waals surface area contributed by atoms with Crippen molar-refractivity contribution in [3.63, 3.8) is 0 Å². The van der Waals surface area contributed by atoms with Crippen molar-refractivity contribution in [2.45, 2.75) is 24.9 Å². The second kappa shape index (κ2) is 5.68. The van der Waals surface area contributed by atoms with Gasteiger partial charge in [0.25, 0.3) is 5.56 Å². The van der Waals surface area contributed by atoms with Gasteiger partial charge in [0, 0.05) is 19.6 Å². The average molecular weight is 388 g/mol. The predicted octanol–water partition coefficient (Wildman–Crippen LogP) is 1.65. The molecule has 1 fully saturated rings. The number of nitrogens with zero attached hydrogens (tertiary/aromatic N) is 4. The smallest absolute Gasteiger partial charge is 0.292 e. The summed E-state index contributed by atoms with van der Waals surface area (Å²) in [5, 5.41) is 0. The fourth-order valence-corrected chi connectivity index (χ4v) is 4.52. The van der Waals surface area contributed by atoms with Crippen LogP contribution in [0.25, 0.3) is 16.8 Å². The quantitative estimate of drug-likeness (QED) is 0.684. The van der Waals surface area contributed by atoms with Crippen LogP contribution >= 0.6 is 0 Å². The molecule has 3 aromatic heterocycles. The van der Waals surface area contributed by atoms with E-state index >= 15 is 0 Å². The Labute approximate surface area is 146 Å². The molecule has 0 saturated carbocycles. The summed E-state index contributed by atoms with van der Waals surface area (Å²) >= 11 is 0. The summed E-state index contributed by atoms with van der Waals surface area (Å²) in [6, 6.07) is 5.35. The highest BCUT2D eigenvalue weighted by molar-refractivity contribution is 7.90. The molecule has 140 valence electrons. The fraction of sp³-hybridized carbons (Fsp3) is 0.467. The van der Waals surface area contributed by atoms with Crippen molar-refractivity contribution >= 4 is 26.8 Å². The third kappa shape index (κ3) is 2.49. The summed E-state index contributed by atoms with van der Waals surface area (Å²) in [7, 11) is -5.29. The van der Waals surface area contributed by atoms with Crippen LogP contribution in [0.4, 0.5) is 13.2 Å². The number of pyridine rings is 1. The molecule has 0 unspecified atom stereocenters. The summed E-state index contributed by atoms with van der Waals surface area (Å²) in [5.74, 6) is -0.0774. The summed E-state index contributed by atoms with van der Waals surface area (Å²) in [6.45, 7) is -0.0707. The second-order valence-electron chi connectivity index (χ2n) is 6.43. The number of alkyl halides is 3. The SMILES string of the molecule is O=c1c2cnc3cccc(n1CC1CCN(S(=O)(=O)C(F)(F)F)CC1)n32. The lowest BCUT2D eigenvalue weighted by Gasteiger charge is -2.31. The number of imidazole rings is 2. The molecule has 4 heterocycles. The largest absolute Gasteiger partial charge is 0.511 e. The molecule has 0 amide bonds. The molecule has 1 aliphatic heterocycles. The molecule has 3 aromatic rings. The van der Waals surface area contributed by atoms with Gasteiger partial charge in [-0.1, -0.05) is 6.07 Å². The Morgan fingerprint density at radius 3 is 2.54 bits per heavy atom. The highest BCUT2D eigenvalue weighted by atomic mass is 32.2. The van der Waals surface area contributed by atoms with Gasteiger partial charge in [-0.25, -0.2) is 13.4 Å². The highest BCUT2D eigenvalue weighted by Crippen LogP contribution is 2.30. The first-order valence-electron chi connectivity index (χ1n) is 8.05. The predicted molar refractivity (Wildman–Crippen MR) is 87.4 cm³/mol. The van der Waals surface area contributed by atoms with Crippen LogP contribution < -0.4 is 5.56 Å². The van der Waals surface area contributed by atoms with Crippen molar-refractivity contribution in [3.8, 4) is 0 Å². The molecule has 4 rings (SSSR count). The Balaban J connectivity index is 1.55. The lowest BCUT2D eigenvalue weighted by Crippen LogP contribution is -2.45. The van der Waals surface area contributed by atoms with E-state index in [1.54, 1.807) is 27.2 Å². The first-order chi connectivity index (χ1) is 12.2. The Kier molecular flexibility index (Phi) is 3.77. The van der Waals surface area contributed by atoms with Crippen molar-refractivity contribution in [2.24, 2.45) is 5.92 Å². The summed E-state index contributed by atoms with van der Waals surface area (Å²) in [4.78, 5) is 16.7. The Morgan fingerprint density at radius 2 is 1.88 bits per heavy atom. The molecular weight excluding hydrogens is 373 g/mol. The number of hydrogen-bond donors (Lipinski definition) is 0. The van der Waals surface area contributed by atoms with Gasteiger partial charge in [-0.15, -0.1) is 0 Å². The van der Waals surface area contributed by atoms with Gasteiger partial charge in [-0.2, -0.15) is 17.5 Å². The molecule has 0 spiro atoms. The third-order valence-corrected chi connectivity index (χ3v) is 6.53. The first kappa shape index (κ1) is 17.3. The van der Waals surface area contributed by atoms with Gasteiger partial charge in [-0.05, 0) is 30.9 Å². The van der Waals surface area contributed by atoms with E-state index in [1.807, 2.05) is 0 Å². The van der Waals surface area contributed by atoms with Crippen LogP contribution in [0.15, 0.2) is 29.2 Å². The molecule has 0 bridgehead atoms. The van der Waals surface area contributed by atoms with Crippen LogP contribution in [0, 0.1) is 5.92 Å². The van der Waals surface area contributed by atoms with Crippen LogP contribution in [0.2, 0.25) is 0 Å². The number of aromatic nitrogens is 3. The zero-order valence-corrected chi connectivity index (χ0v) is 14.3. The maximum absolute atomic E-state index is 12.6. The molecule has 1 saturated heterocycles. The average Bonchev–Trinajstić information content (AvgIpc) is 3.13. The van der Waals surface area contributed by atoms with Crippen molar-refractivity contribution < 1.29 is 21.6 Å². The molecule has 1 aliphatic rings. The first-order valence-corrected chi connectivity index (χ1v) is 9.49. The van der Waals surface area contributed by atoms with Crippen molar-refractivity contribution in [3.05, 3.63) is 34.7 Å². The number of sulfonamides is 1. The molecule has 0 aliphatic carbocycles. The Bertz CT molecular complexity index is 1110. The Hall–Kier alpha value is -2.14. The van der Waals surface area contributed by atoms with Crippen molar-refractivity contribution in [1.29, 1.82) is 0 Å². The van der Waals surface area contributed by atoms with E-state index in [4.69, 9.17) is 0 Å². The van der Waals surface area contributed by atoms with Gasteiger partial charge in [-0.3, -0.25) is 13.8 Å². The van der Waals surface area contributed by atoms with Gasteiger partial charge in [0.1, 0.15) is 16.8 Å². The minimum absolute atomic E-state index is 0.0774. The molecular formula is C15H15F3N4O3S. The van der Waals surface area contributed by atoms with Crippen LogP contribution in [-0.2, 0) is 16.6 Å². The second-order valence-corrected chi connectivity index (χ2v) is 8.36. The van der Waals surface area contributed by atoms with Crippen molar-refractivity contribution in [2.75, 3.05) is 13.1 Å². The van der Waals surface area contributed by atoms with Gasteiger partial charge >= 0.3 is 15.5 Å². The topological polar surface area (TPSA) is 76.7 Å². The summed E-state index contributed by atoms with van der Waals surface area (Å²) < 4.78 is 64.7. The van der Waals surface area contributed by atoms with Gasteiger partial charge in [0.15, 0.2) is 0 Å². The van der Waals surface area contributed by atoms with E-state index in [2.05, 4.69) is 4.98 Å². The van der Waals surface area contributed by atoms with E-state index in [0.29, 0.717) is 27.7 Å². The summed E-state index contributed by atoms with van der Waals surface area (Å²) in [6.07, 6.45) is 2.03. The summed E-state index contributed by atoms with van der Waals surface area (Å²) in [5.41, 5.74) is -3.71. The third-order valence-electron chi connectivity index (χ3n) is 4.90. The standard InChI is InChI=1S/C15H15F3N4O3S/c16-15(17,18)26(24,25)20-6-4-10(5-7-20)9-21-13-3-1-2-12-19-8-11(14(21)23)22(12)13/h1-3,8,10H,4-7,9H2. The van der Waals surface area contributed by atoms with Crippen LogP contribution in [0.5, 0.6) is 0 Å². The Morgan fingerprint density at radius 1 is 1.19 bits per heavy atom. The molecule has 0 N–H and O–H groups in total. The molecule has 0 atom stereocenters. The van der Waals surface area contributed by atoms with E-state index in [1.165, 1.54) is 6.20 Å². The fourth-order valence-electron chi connectivity index (χ4n) is 3.54. The van der Waals surface area contributed by atoms with E-state index < -0.39 is 15.5 Å². The van der Waals surface area contributed by atoms with Gasteiger partial charge < -0.3 is 0 Å². The monoisotopic (exact) mass is 388 g/mol. The minimum Gasteiger partial charge on any atom is -0.292 e. The van der Waals surface area contributed by atoms with Gasteiger partial charge in [0.05, 0.1) is 6.20 Å². The minimum atomic E-state index is -5.29. The molecule has 26 heavy (non-hydrogen) atoms. The lowest BCUT2D eigenvalue weighted by atomic mass is 9.98. The van der Waals surface area contributed by atoms with Crippen molar-refractivity contribution in [1.82, 2.24) is 18.3 Å². The van der Waals surface area contributed by atoms with E-state index in [-0.39, 0.29) is 37.4 Å². The van der Waals surface area contributed by atoms with Crippen LogP contribution in [0.3, 0.4) is 0 Å². The lowest BCUT2D eigenvalue weighted by molar-refractivity contribution is -0.0497. The number of hydrogen-bond acceptors (Lipinski definition) is 4. The van der Waals surface area contributed by atoms with Crippen LogP contribution in [-0.4, -0.2) is 45.3 Å². The highest BCUT2D eigenvalue weighted by Gasteiger charge is 2.50. The number of rotatable bonds is 3.